The molecule has 0 fully saturated rings. The lowest BCUT2D eigenvalue weighted by Gasteiger charge is -2.19. The number of hydrazine groups is 1. The van der Waals surface area contributed by atoms with Gasteiger partial charge in [0.1, 0.15) is 11.6 Å². The lowest BCUT2D eigenvalue weighted by atomic mass is 10.1. The third-order valence-electron chi connectivity index (χ3n) is 2.40. The highest BCUT2D eigenvalue weighted by molar-refractivity contribution is 5.36. The van der Waals surface area contributed by atoms with Crippen molar-refractivity contribution >= 4 is 0 Å². The van der Waals surface area contributed by atoms with Crippen molar-refractivity contribution < 1.29 is 13.9 Å². The smallest absolute Gasteiger partial charge is 0.123 e. The largest absolute Gasteiger partial charge is 0.496 e. The van der Waals surface area contributed by atoms with Crippen molar-refractivity contribution in [3.63, 3.8) is 0 Å². The maximum absolute atomic E-state index is 13.2. The molecule has 3 N–H and O–H groups in total. The third-order valence-corrected chi connectivity index (χ3v) is 2.40. The van der Waals surface area contributed by atoms with E-state index in [9.17, 15) is 4.39 Å². The molecule has 0 spiro atoms. The fourth-order valence-corrected chi connectivity index (χ4v) is 1.55. The molecule has 4 nitrogen and oxygen atoms in total. The minimum Gasteiger partial charge on any atom is -0.496 e. The summed E-state index contributed by atoms with van der Waals surface area (Å²) in [7, 11) is 1.54. The zero-order chi connectivity index (χ0) is 12.7. The van der Waals surface area contributed by atoms with Crippen LogP contribution in [0.25, 0.3) is 0 Å². The summed E-state index contributed by atoms with van der Waals surface area (Å²) in [6.07, 6.45) is 0.928. The van der Waals surface area contributed by atoms with Crippen molar-refractivity contribution in [3.05, 3.63) is 29.6 Å². The predicted molar refractivity (Wildman–Crippen MR) is 64.1 cm³/mol. The summed E-state index contributed by atoms with van der Waals surface area (Å²) < 4.78 is 23.8. The second-order valence-electron chi connectivity index (χ2n) is 3.68. The van der Waals surface area contributed by atoms with Crippen LogP contribution in [0.4, 0.5) is 4.39 Å². The SMILES string of the molecule is CCCOCC(NN)c1cc(F)ccc1OC. The zero-order valence-electron chi connectivity index (χ0n) is 10.2. The third kappa shape index (κ3) is 3.96. The van der Waals surface area contributed by atoms with Gasteiger partial charge in [0.15, 0.2) is 0 Å². The molecule has 96 valence electrons. The molecule has 1 atom stereocenters. The summed E-state index contributed by atoms with van der Waals surface area (Å²) in [5.41, 5.74) is 3.27. The van der Waals surface area contributed by atoms with Gasteiger partial charge in [-0.25, -0.2) is 4.39 Å². The summed E-state index contributed by atoms with van der Waals surface area (Å²) in [6.45, 7) is 3.05. The maximum Gasteiger partial charge on any atom is 0.123 e. The molecule has 0 aliphatic carbocycles. The molecule has 0 aromatic heterocycles. The first kappa shape index (κ1) is 13.9. The number of nitrogens with one attached hydrogen (secondary N) is 1. The molecule has 0 saturated carbocycles. The van der Waals surface area contributed by atoms with Gasteiger partial charge < -0.3 is 9.47 Å². The van der Waals surface area contributed by atoms with Crippen molar-refractivity contribution in [2.75, 3.05) is 20.3 Å². The van der Waals surface area contributed by atoms with Gasteiger partial charge in [0.05, 0.1) is 19.8 Å². The molecule has 0 amide bonds. The van der Waals surface area contributed by atoms with Crippen LogP contribution in [0.5, 0.6) is 5.75 Å². The molecule has 0 aliphatic rings. The van der Waals surface area contributed by atoms with E-state index in [-0.39, 0.29) is 11.9 Å². The van der Waals surface area contributed by atoms with E-state index in [2.05, 4.69) is 5.43 Å². The van der Waals surface area contributed by atoms with Gasteiger partial charge in [-0.3, -0.25) is 11.3 Å². The molecule has 17 heavy (non-hydrogen) atoms. The highest BCUT2D eigenvalue weighted by atomic mass is 19.1. The van der Waals surface area contributed by atoms with Crippen LogP contribution in [-0.4, -0.2) is 20.3 Å². The minimum atomic E-state index is -0.323. The Morgan fingerprint density at radius 1 is 1.47 bits per heavy atom. The second kappa shape index (κ2) is 7.21. The lowest BCUT2D eigenvalue weighted by molar-refractivity contribution is 0.111. The standard InChI is InChI=1S/C12H19FN2O2/c1-3-6-17-8-11(15-14)10-7-9(13)4-5-12(10)16-2/h4-5,7,11,15H,3,6,8,14H2,1-2H3. The van der Waals surface area contributed by atoms with E-state index in [1.165, 1.54) is 19.2 Å². The number of benzene rings is 1. The van der Waals surface area contributed by atoms with Crippen LogP contribution >= 0.6 is 0 Å². The Morgan fingerprint density at radius 3 is 2.82 bits per heavy atom. The molecule has 0 saturated heterocycles. The van der Waals surface area contributed by atoms with Crippen LogP contribution < -0.4 is 16.0 Å². The normalized spacial score (nSPS) is 12.5. The molecule has 1 rings (SSSR count). The van der Waals surface area contributed by atoms with Gasteiger partial charge in [-0.1, -0.05) is 6.92 Å². The number of methoxy groups -OCH3 is 1. The van der Waals surface area contributed by atoms with Crippen LogP contribution in [0.3, 0.4) is 0 Å². The Bertz CT molecular complexity index is 347. The zero-order valence-corrected chi connectivity index (χ0v) is 10.2. The molecular weight excluding hydrogens is 223 g/mol. The van der Waals surface area contributed by atoms with Gasteiger partial charge >= 0.3 is 0 Å². The average Bonchev–Trinajstić information content (AvgIpc) is 2.35. The summed E-state index contributed by atoms with van der Waals surface area (Å²) in [6, 6.07) is 4.04. The van der Waals surface area contributed by atoms with Gasteiger partial charge in [-0.2, -0.15) is 0 Å². The highest BCUT2D eigenvalue weighted by Crippen LogP contribution is 2.25. The number of nitrogens with two attached hydrogens (primary N) is 1. The highest BCUT2D eigenvalue weighted by Gasteiger charge is 2.15. The summed E-state index contributed by atoms with van der Waals surface area (Å²) in [4.78, 5) is 0. The van der Waals surface area contributed by atoms with Gasteiger partial charge in [0.25, 0.3) is 0 Å². The molecule has 0 radical (unpaired) electrons. The average molecular weight is 242 g/mol. The van der Waals surface area contributed by atoms with E-state index in [1.54, 1.807) is 6.07 Å². The molecule has 1 aromatic carbocycles. The second-order valence-corrected chi connectivity index (χ2v) is 3.68. The molecule has 0 heterocycles. The number of hydrogen-bond donors (Lipinski definition) is 2. The summed E-state index contributed by atoms with van der Waals surface area (Å²) in [5, 5.41) is 0. The van der Waals surface area contributed by atoms with Gasteiger partial charge in [0, 0.05) is 12.2 Å². The van der Waals surface area contributed by atoms with Crippen LogP contribution in [0.1, 0.15) is 24.9 Å². The Kier molecular flexibility index (Phi) is 5.90. The molecule has 0 aliphatic heterocycles. The first-order valence-corrected chi connectivity index (χ1v) is 5.60. The molecule has 5 heteroatoms. The first-order chi connectivity index (χ1) is 8.22. The Labute approximate surface area is 101 Å². The monoisotopic (exact) mass is 242 g/mol. The Morgan fingerprint density at radius 2 is 2.24 bits per heavy atom. The van der Waals surface area contributed by atoms with E-state index >= 15 is 0 Å². The molecular formula is C12H19FN2O2. The molecule has 1 aromatic rings. The van der Waals surface area contributed by atoms with E-state index in [4.69, 9.17) is 15.3 Å². The quantitative estimate of drug-likeness (QED) is 0.434. The Hall–Kier alpha value is -1.17. The van der Waals surface area contributed by atoms with Crippen molar-refractivity contribution in [1.82, 2.24) is 5.43 Å². The van der Waals surface area contributed by atoms with Crippen LogP contribution in [0.15, 0.2) is 18.2 Å². The molecule has 1 unspecified atom stereocenters. The fourth-order valence-electron chi connectivity index (χ4n) is 1.55. The van der Waals surface area contributed by atoms with Crippen molar-refractivity contribution in [3.8, 4) is 5.75 Å². The van der Waals surface area contributed by atoms with Crippen molar-refractivity contribution in [2.24, 2.45) is 5.84 Å². The van der Waals surface area contributed by atoms with E-state index in [1.807, 2.05) is 6.92 Å². The Balaban J connectivity index is 2.82. The van der Waals surface area contributed by atoms with Gasteiger partial charge in [-0.05, 0) is 24.6 Å². The number of rotatable bonds is 7. The number of halogens is 1. The summed E-state index contributed by atoms with van der Waals surface area (Å²) in [5.74, 6) is 5.72. The summed E-state index contributed by atoms with van der Waals surface area (Å²) >= 11 is 0. The van der Waals surface area contributed by atoms with Crippen molar-refractivity contribution in [1.29, 1.82) is 0 Å². The number of ether oxygens (including phenoxy) is 2. The number of hydrogen-bond acceptors (Lipinski definition) is 4. The minimum absolute atomic E-state index is 0.285. The van der Waals surface area contributed by atoms with Crippen molar-refractivity contribution in [2.45, 2.75) is 19.4 Å². The van der Waals surface area contributed by atoms with E-state index < -0.39 is 0 Å². The predicted octanol–water partition coefficient (Wildman–Crippen LogP) is 1.77. The van der Waals surface area contributed by atoms with Gasteiger partial charge in [-0.15, -0.1) is 0 Å². The first-order valence-electron chi connectivity index (χ1n) is 5.60. The van der Waals surface area contributed by atoms with Crippen LogP contribution in [-0.2, 0) is 4.74 Å². The van der Waals surface area contributed by atoms with Crippen LogP contribution in [0, 0.1) is 5.82 Å². The van der Waals surface area contributed by atoms with Gasteiger partial charge in [0.2, 0.25) is 0 Å². The topological polar surface area (TPSA) is 56.5 Å². The fraction of sp³-hybridized carbons (Fsp3) is 0.500. The molecule has 0 bridgehead atoms. The van der Waals surface area contributed by atoms with Crippen LogP contribution in [0.2, 0.25) is 0 Å². The van der Waals surface area contributed by atoms with E-state index in [0.29, 0.717) is 24.5 Å². The lowest BCUT2D eigenvalue weighted by Crippen LogP contribution is -2.31. The van der Waals surface area contributed by atoms with E-state index in [0.717, 1.165) is 6.42 Å². The maximum atomic E-state index is 13.2.